The zero-order chi connectivity index (χ0) is 25.5. The van der Waals surface area contributed by atoms with Crippen molar-refractivity contribution >= 4 is 27.5 Å². The van der Waals surface area contributed by atoms with Crippen molar-refractivity contribution in [1.29, 1.82) is 0 Å². The highest BCUT2D eigenvalue weighted by Gasteiger charge is 2.32. The predicted octanol–water partition coefficient (Wildman–Crippen LogP) is 3.65. The minimum Gasteiger partial charge on any atom is -0.354 e. The van der Waals surface area contributed by atoms with Crippen molar-refractivity contribution in [3.8, 4) is 0 Å². The lowest BCUT2D eigenvalue weighted by molar-refractivity contribution is -0.140. The van der Waals surface area contributed by atoms with E-state index in [1.54, 1.807) is 25.1 Å². The molecule has 8 heteroatoms. The molecule has 0 aromatic heterocycles. The summed E-state index contributed by atoms with van der Waals surface area (Å²) in [5.41, 5.74) is 3.11. The first-order valence-corrected chi connectivity index (χ1v) is 13.4. The molecule has 2 aromatic carbocycles. The number of benzene rings is 2. The van der Waals surface area contributed by atoms with E-state index in [4.69, 9.17) is 0 Å². The topological polar surface area (TPSA) is 86.8 Å². The van der Waals surface area contributed by atoms with Gasteiger partial charge >= 0.3 is 0 Å². The molecule has 1 N–H and O–H groups in total. The maximum absolute atomic E-state index is 13.7. The zero-order valence-corrected chi connectivity index (χ0v) is 21.9. The van der Waals surface area contributed by atoms with Crippen LogP contribution in [-0.4, -0.2) is 50.5 Å². The SMILES string of the molecule is CCC(C(=O)NCC(C)C)N(Cc1cccc(C)c1)C(=O)CN(c1ccccc1C)S(C)(=O)=O. The molecule has 186 valence electrons. The molecule has 0 aliphatic heterocycles. The van der Waals surface area contributed by atoms with E-state index in [9.17, 15) is 18.0 Å². The van der Waals surface area contributed by atoms with Gasteiger partial charge in [0, 0.05) is 13.1 Å². The first kappa shape index (κ1) is 27.4. The third kappa shape index (κ3) is 7.58. The Morgan fingerprint density at radius 2 is 1.71 bits per heavy atom. The number of amides is 2. The summed E-state index contributed by atoms with van der Waals surface area (Å²) in [4.78, 5) is 28.2. The molecule has 0 heterocycles. The van der Waals surface area contributed by atoms with E-state index in [1.165, 1.54) is 4.90 Å². The molecule has 0 saturated carbocycles. The van der Waals surface area contributed by atoms with E-state index in [0.29, 0.717) is 18.7 Å². The standard InChI is InChI=1S/C26H37N3O4S/c1-7-23(26(31)27-16-19(2)3)28(17-22-13-10-11-20(4)15-22)25(30)18-29(34(6,32)33)24-14-9-8-12-21(24)5/h8-15,19,23H,7,16-18H2,1-6H3,(H,27,31). The van der Waals surface area contributed by atoms with Crippen LogP contribution >= 0.6 is 0 Å². The summed E-state index contributed by atoms with van der Waals surface area (Å²) in [7, 11) is -3.74. The molecule has 1 unspecified atom stereocenters. The Kier molecular flexibility index (Phi) is 9.67. The Morgan fingerprint density at radius 3 is 2.26 bits per heavy atom. The second-order valence-electron chi connectivity index (χ2n) is 9.13. The first-order chi connectivity index (χ1) is 15.9. The molecule has 0 fully saturated rings. The normalized spacial score (nSPS) is 12.3. The van der Waals surface area contributed by atoms with Gasteiger partial charge in [-0.25, -0.2) is 8.42 Å². The van der Waals surface area contributed by atoms with Crippen molar-refractivity contribution in [3.63, 3.8) is 0 Å². The smallest absolute Gasteiger partial charge is 0.244 e. The lowest BCUT2D eigenvalue weighted by atomic mass is 10.1. The zero-order valence-electron chi connectivity index (χ0n) is 21.0. The predicted molar refractivity (Wildman–Crippen MR) is 137 cm³/mol. The Balaban J connectivity index is 2.43. The van der Waals surface area contributed by atoms with Crippen LogP contribution in [0.3, 0.4) is 0 Å². The number of hydrogen-bond acceptors (Lipinski definition) is 4. The van der Waals surface area contributed by atoms with Crippen LogP contribution in [0.5, 0.6) is 0 Å². The van der Waals surface area contributed by atoms with E-state index < -0.39 is 22.0 Å². The molecule has 0 radical (unpaired) electrons. The molecule has 0 aliphatic carbocycles. The second-order valence-corrected chi connectivity index (χ2v) is 11.0. The molecule has 2 amide bonds. The number of anilines is 1. The molecule has 2 rings (SSSR count). The van der Waals surface area contributed by atoms with E-state index >= 15 is 0 Å². The average Bonchev–Trinajstić information content (AvgIpc) is 2.75. The largest absolute Gasteiger partial charge is 0.354 e. The van der Waals surface area contributed by atoms with Gasteiger partial charge in [0.1, 0.15) is 12.6 Å². The Hall–Kier alpha value is -2.87. The Labute approximate surface area is 204 Å². The van der Waals surface area contributed by atoms with Crippen LogP contribution in [0.1, 0.15) is 43.9 Å². The van der Waals surface area contributed by atoms with Crippen molar-refractivity contribution in [2.75, 3.05) is 23.7 Å². The molecular weight excluding hydrogens is 450 g/mol. The van der Waals surface area contributed by atoms with Gasteiger partial charge in [0.25, 0.3) is 0 Å². The molecule has 7 nitrogen and oxygen atoms in total. The van der Waals surface area contributed by atoms with E-state index in [1.807, 2.05) is 58.0 Å². The van der Waals surface area contributed by atoms with Gasteiger partial charge in [-0.15, -0.1) is 0 Å². The lowest BCUT2D eigenvalue weighted by Gasteiger charge is -2.33. The number of sulfonamides is 1. The van der Waals surface area contributed by atoms with Gasteiger partial charge < -0.3 is 10.2 Å². The molecule has 0 spiro atoms. The minimum absolute atomic E-state index is 0.208. The van der Waals surface area contributed by atoms with Gasteiger partial charge in [-0.05, 0) is 43.4 Å². The van der Waals surface area contributed by atoms with Gasteiger partial charge in [-0.3, -0.25) is 13.9 Å². The fraction of sp³-hybridized carbons (Fsp3) is 0.462. The second kappa shape index (κ2) is 12.0. The molecule has 34 heavy (non-hydrogen) atoms. The van der Waals surface area contributed by atoms with Crippen molar-refractivity contribution < 1.29 is 18.0 Å². The Bertz CT molecular complexity index is 1100. The highest BCUT2D eigenvalue weighted by molar-refractivity contribution is 7.92. The minimum atomic E-state index is -3.74. The molecule has 0 aliphatic rings. The summed E-state index contributed by atoms with van der Waals surface area (Å²) in [6.45, 7) is 9.95. The van der Waals surface area contributed by atoms with Crippen LogP contribution in [0.15, 0.2) is 48.5 Å². The summed E-state index contributed by atoms with van der Waals surface area (Å²) in [6.07, 6.45) is 1.50. The third-order valence-electron chi connectivity index (χ3n) is 5.57. The highest BCUT2D eigenvalue weighted by Crippen LogP contribution is 2.23. The number of carbonyl (C=O) groups is 2. The summed E-state index contributed by atoms with van der Waals surface area (Å²) < 4.78 is 26.5. The van der Waals surface area contributed by atoms with Crippen LogP contribution in [0.2, 0.25) is 0 Å². The van der Waals surface area contributed by atoms with Crippen LogP contribution in [0, 0.1) is 19.8 Å². The molecule has 2 aromatic rings. The van der Waals surface area contributed by atoms with E-state index in [-0.39, 0.29) is 24.9 Å². The maximum atomic E-state index is 13.7. The van der Waals surface area contributed by atoms with Crippen LogP contribution < -0.4 is 9.62 Å². The van der Waals surface area contributed by atoms with Crippen LogP contribution in [0.25, 0.3) is 0 Å². The van der Waals surface area contributed by atoms with Gasteiger partial charge in [-0.2, -0.15) is 0 Å². The fourth-order valence-electron chi connectivity index (χ4n) is 3.79. The fourth-order valence-corrected chi connectivity index (χ4v) is 4.69. The summed E-state index contributed by atoms with van der Waals surface area (Å²) >= 11 is 0. The van der Waals surface area contributed by atoms with Gasteiger partial charge in [0.05, 0.1) is 11.9 Å². The summed E-state index contributed by atoms with van der Waals surface area (Å²) in [5.74, 6) is -0.398. The molecule has 0 bridgehead atoms. The monoisotopic (exact) mass is 487 g/mol. The van der Waals surface area contributed by atoms with Crippen molar-refractivity contribution in [2.45, 2.75) is 53.6 Å². The van der Waals surface area contributed by atoms with Gasteiger partial charge in [0.2, 0.25) is 21.8 Å². The third-order valence-corrected chi connectivity index (χ3v) is 6.70. The number of carbonyl (C=O) groups excluding carboxylic acids is 2. The number of para-hydroxylation sites is 1. The van der Waals surface area contributed by atoms with Crippen LogP contribution in [0.4, 0.5) is 5.69 Å². The number of nitrogens with one attached hydrogen (secondary N) is 1. The number of rotatable bonds is 11. The van der Waals surface area contributed by atoms with Crippen LogP contribution in [-0.2, 0) is 26.2 Å². The summed E-state index contributed by atoms with van der Waals surface area (Å²) in [5, 5.41) is 2.93. The van der Waals surface area contributed by atoms with Gasteiger partial charge in [0.15, 0.2) is 0 Å². The molecule has 0 saturated heterocycles. The summed E-state index contributed by atoms with van der Waals surface area (Å²) in [6, 6.07) is 14.1. The van der Waals surface area contributed by atoms with E-state index in [2.05, 4.69) is 5.32 Å². The number of hydrogen-bond donors (Lipinski definition) is 1. The Morgan fingerprint density at radius 1 is 1.03 bits per heavy atom. The highest BCUT2D eigenvalue weighted by atomic mass is 32.2. The van der Waals surface area contributed by atoms with Crippen molar-refractivity contribution in [1.82, 2.24) is 10.2 Å². The average molecular weight is 488 g/mol. The van der Waals surface area contributed by atoms with E-state index in [0.717, 1.165) is 27.3 Å². The number of nitrogens with zero attached hydrogens (tertiary/aromatic N) is 2. The van der Waals surface area contributed by atoms with Gasteiger partial charge in [-0.1, -0.05) is 68.8 Å². The van der Waals surface area contributed by atoms with Crippen molar-refractivity contribution in [3.05, 3.63) is 65.2 Å². The molecular formula is C26H37N3O4S. The first-order valence-electron chi connectivity index (χ1n) is 11.6. The number of aryl methyl sites for hydroxylation is 2. The van der Waals surface area contributed by atoms with Crippen molar-refractivity contribution in [2.24, 2.45) is 5.92 Å². The maximum Gasteiger partial charge on any atom is 0.244 e. The molecule has 1 atom stereocenters. The quantitative estimate of drug-likeness (QED) is 0.524. The lowest BCUT2D eigenvalue weighted by Crippen LogP contribution is -2.52.